The molecule has 38 heavy (non-hydrogen) atoms. The largest absolute Gasteiger partial charge is 0.497 e. The number of rotatable bonds is 11. The van der Waals surface area contributed by atoms with E-state index in [9.17, 15) is 4.79 Å². The third-order valence-electron chi connectivity index (χ3n) is 6.83. The SMILES string of the molecule is COc1cc(OC)c2c(=O)[nH]c(-c3ncc(OCCNC(C)C)cc3NC3CCN(C(C)C)CC3)nc2c1. The minimum Gasteiger partial charge on any atom is -0.497 e. The first-order valence-corrected chi connectivity index (χ1v) is 13.3. The van der Waals surface area contributed by atoms with Crippen molar-refractivity contribution >= 4 is 16.6 Å². The molecule has 0 amide bonds. The van der Waals surface area contributed by atoms with Gasteiger partial charge in [0.05, 0.1) is 31.6 Å². The number of benzene rings is 1. The highest BCUT2D eigenvalue weighted by Crippen LogP contribution is 2.32. The van der Waals surface area contributed by atoms with E-state index < -0.39 is 0 Å². The second-order valence-electron chi connectivity index (χ2n) is 10.2. The number of hydrogen-bond donors (Lipinski definition) is 3. The molecular weight excluding hydrogens is 484 g/mol. The Labute approximate surface area is 224 Å². The van der Waals surface area contributed by atoms with Gasteiger partial charge in [0.2, 0.25) is 0 Å². The maximum atomic E-state index is 13.1. The first-order valence-electron chi connectivity index (χ1n) is 13.3. The van der Waals surface area contributed by atoms with Gasteiger partial charge in [-0.15, -0.1) is 0 Å². The van der Waals surface area contributed by atoms with E-state index in [4.69, 9.17) is 24.2 Å². The molecule has 3 heterocycles. The van der Waals surface area contributed by atoms with Crippen LogP contribution in [0.25, 0.3) is 22.4 Å². The highest BCUT2D eigenvalue weighted by Gasteiger charge is 2.23. The number of aromatic amines is 1. The van der Waals surface area contributed by atoms with Crippen LogP contribution in [0.1, 0.15) is 40.5 Å². The number of aromatic nitrogens is 3. The molecule has 206 valence electrons. The number of fused-ring (bicyclic) bond motifs is 1. The van der Waals surface area contributed by atoms with Crippen LogP contribution in [0.3, 0.4) is 0 Å². The maximum Gasteiger partial charge on any atom is 0.262 e. The first kappa shape index (κ1) is 27.7. The smallest absolute Gasteiger partial charge is 0.262 e. The van der Waals surface area contributed by atoms with Crippen LogP contribution in [-0.2, 0) is 0 Å². The van der Waals surface area contributed by atoms with Crippen LogP contribution in [0.2, 0.25) is 0 Å². The van der Waals surface area contributed by atoms with Gasteiger partial charge in [-0.25, -0.2) is 9.97 Å². The van der Waals surface area contributed by atoms with Crippen molar-refractivity contribution in [1.29, 1.82) is 0 Å². The van der Waals surface area contributed by atoms with Crippen molar-refractivity contribution in [3.63, 3.8) is 0 Å². The van der Waals surface area contributed by atoms with Crippen molar-refractivity contribution in [1.82, 2.24) is 25.2 Å². The zero-order chi connectivity index (χ0) is 27.2. The molecule has 10 heteroatoms. The molecule has 0 radical (unpaired) electrons. The third-order valence-corrected chi connectivity index (χ3v) is 6.83. The number of H-pyrrole nitrogens is 1. The number of hydrogen-bond acceptors (Lipinski definition) is 9. The highest BCUT2D eigenvalue weighted by atomic mass is 16.5. The van der Waals surface area contributed by atoms with Crippen LogP contribution in [0.5, 0.6) is 17.2 Å². The summed E-state index contributed by atoms with van der Waals surface area (Å²) in [6.07, 6.45) is 3.70. The highest BCUT2D eigenvalue weighted by molar-refractivity contribution is 5.87. The molecule has 0 atom stereocenters. The fraction of sp³-hybridized carbons (Fsp3) is 0.536. The number of nitrogens with one attached hydrogen (secondary N) is 3. The van der Waals surface area contributed by atoms with Gasteiger partial charge < -0.3 is 34.7 Å². The van der Waals surface area contributed by atoms with Gasteiger partial charge in [-0.1, -0.05) is 13.8 Å². The number of ether oxygens (including phenoxy) is 3. The van der Waals surface area contributed by atoms with Gasteiger partial charge in [-0.2, -0.15) is 0 Å². The summed E-state index contributed by atoms with van der Waals surface area (Å²) in [5.74, 6) is 1.99. The zero-order valence-electron chi connectivity index (χ0n) is 23.3. The lowest BCUT2D eigenvalue weighted by Crippen LogP contribution is -2.42. The summed E-state index contributed by atoms with van der Waals surface area (Å²) < 4.78 is 16.8. The second-order valence-corrected chi connectivity index (χ2v) is 10.2. The predicted octanol–water partition coefficient (Wildman–Crippen LogP) is 3.66. The van der Waals surface area contributed by atoms with Gasteiger partial charge in [0.15, 0.2) is 5.82 Å². The van der Waals surface area contributed by atoms with E-state index >= 15 is 0 Å². The summed E-state index contributed by atoms with van der Waals surface area (Å²) in [6, 6.07) is 6.54. The standard InChI is InChI=1S/C28H40N6O4/c1-17(2)29-9-12-38-21-14-23(31-19-7-10-34(11-8-19)18(3)4)26(30-16-21)27-32-22-13-20(36-5)15-24(37-6)25(22)28(35)33-27/h13-19,29,31H,7-12H2,1-6H3,(H,32,33,35). The summed E-state index contributed by atoms with van der Waals surface area (Å²) in [7, 11) is 3.09. The van der Waals surface area contributed by atoms with E-state index in [0.717, 1.165) is 38.2 Å². The minimum absolute atomic E-state index is 0.274. The Bertz CT molecular complexity index is 1280. The average Bonchev–Trinajstić information content (AvgIpc) is 2.90. The average molecular weight is 525 g/mol. The van der Waals surface area contributed by atoms with Crippen LogP contribution in [0.15, 0.2) is 29.2 Å². The van der Waals surface area contributed by atoms with Gasteiger partial charge in [0.1, 0.15) is 34.9 Å². The van der Waals surface area contributed by atoms with Crippen molar-refractivity contribution in [3.8, 4) is 28.8 Å². The second kappa shape index (κ2) is 12.4. The topological polar surface area (TPSA) is 114 Å². The maximum absolute atomic E-state index is 13.1. The molecule has 1 aromatic carbocycles. The van der Waals surface area contributed by atoms with Crippen LogP contribution < -0.4 is 30.4 Å². The van der Waals surface area contributed by atoms with Gasteiger partial charge in [0, 0.05) is 56.0 Å². The molecule has 2 aromatic heterocycles. The fourth-order valence-corrected chi connectivity index (χ4v) is 4.72. The Balaban J connectivity index is 1.68. The molecule has 0 unspecified atom stereocenters. The quantitative estimate of drug-likeness (QED) is 0.323. The van der Waals surface area contributed by atoms with Gasteiger partial charge in [0.25, 0.3) is 5.56 Å². The third kappa shape index (κ3) is 6.54. The van der Waals surface area contributed by atoms with E-state index in [-0.39, 0.29) is 11.6 Å². The Morgan fingerprint density at radius 3 is 2.50 bits per heavy atom. The zero-order valence-corrected chi connectivity index (χ0v) is 23.3. The molecule has 1 aliphatic heterocycles. The van der Waals surface area contributed by atoms with E-state index in [1.807, 2.05) is 6.07 Å². The number of methoxy groups -OCH3 is 2. The molecule has 0 bridgehead atoms. The molecule has 10 nitrogen and oxygen atoms in total. The summed E-state index contributed by atoms with van der Waals surface area (Å²) in [5, 5.41) is 7.39. The summed E-state index contributed by atoms with van der Waals surface area (Å²) in [4.78, 5) is 28.0. The van der Waals surface area contributed by atoms with Crippen molar-refractivity contribution < 1.29 is 14.2 Å². The van der Waals surface area contributed by atoms with Gasteiger partial charge in [-0.05, 0) is 26.7 Å². The van der Waals surface area contributed by atoms with Crippen LogP contribution in [-0.4, -0.2) is 78.4 Å². The molecule has 0 saturated carbocycles. The molecule has 3 aromatic rings. The Kier molecular flexibility index (Phi) is 9.06. The van der Waals surface area contributed by atoms with E-state index in [0.29, 0.717) is 58.4 Å². The van der Waals surface area contributed by atoms with Crippen molar-refractivity contribution in [2.24, 2.45) is 0 Å². The number of piperidine rings is 1. The van der Waals surface area contributed by atoms with Crippen LogP contribution in [0.4, 0.5) is 5.69 Å². The van der Waals surface area contributed by atoms with Crippen molar-refractivity contribution in [2.45, 2.75) is 58.7 Å². The molecular formula is C28H40N6O4. The van der Waals surface area contributed by atoms with E-state index in [2.05, 4.69) is 48.2 Å². The number of anilines is 1. The fourth-order valence-electron chi connectivity index (χ4n) is 4.72. The lowest BCUT2D eigenvalue weighted by atomic mass is 10.0. The first-order chi connectivity index (χ1) is 18.3. The minimum atomic E-state index is -0.303. The molecule has 3 N–H and O–H groups in total. The van der Waals surface area contributed by atoms with Crippen molar-refractivity contribution in [3.05, 3.63) is 34.7 Å². The van der Waals surface area contributed by atoms with Crippen LogP contribution in [0, 0.1) is 0 Å². The molecule has 0 aliphatic carbocycles. The number of nitrogens with zero attached hydrogens (tertiary/aromatic N) is 3. The summed E-state index contributed by atoms with van der Waals surface area (Å²) >= 11 is 0. The molecule has 1 aliphatic rings. The van der Waals surface area contributed by atoms with Crippen LogP contribution >= 0.6 is 0 Å². The Hall–Kier alpha value is -3.37. The van der Waals surface area contributed by atoms with Gasteiger partial charge in [-0.3, -0.25) is 4.79 Å². The molecule has 1 saturated heterocycles. The molecule has 0 spiro atoms. The predicted molar refractivity (Wildman–Crippen MR) is 151 cm³/mol. The summed E-state index contributed by atoms with van der Waals surface area (Å²) in [5.41, 5.74) is 1.50. The molecule has 1 fully saturated rings. The number of pyridine rings is 1. The lowest BCUT2D eigenvalue weighted by molar-refractivity contribution is 0.177. The number of likely N-dealkylation sites (tertiary alicyclic amines) is 1. The summed E-state index contributed by atoms with van der Waals surface area (Å²) in [6.45, 7) is 12.0. The van der Waals surface area contributed by atoms with Gasteiger partial charge >= 0.3 is 0 Å². The van der Waals surface area contributed by atoms with E-state index in [1.165, 1.54) is 7.11 Å². The monoisotopic (exact) mass is 524 g/mol. The molecule has 4 rings (SSSR count). The van der Waals surface area contributed by atoms with E-state index in [1.54, 1.807) is 25.4 Å². The Morgan fingerprint density at radius 1 is 1.08 bits per heavy atom. The van der Waals surface area contributed by atoms with Crippen molar-refractivity contribution in [2.75, 3.05) is 45.8 Å². The normalized spacial score (nSPS) is 14.8. The Morgan fingerprint density at radius 2 is 1.84 bits per heavy atom. The lowest BCUT2D eigenvalue weighted by Gasteiger charge is -2.35.